The summed E-state index contributed by atoms with van der Waals surface area (Å²) in [5.74, 6) is 0.915. The standard InChI is InChI=1S/C23H41N5O/c1-6-24-22(26-19-23(27(3)4)13-16-29-17-14-23)25-15-12-20(2)28(5)18-21-10-8-7-9-11-21/h7-11,20H,6,12-19H2,1-5H3,(H2,24,25,26). The summed E-state index contributed by atoms with van der Waals surface area (Å²) >= 11 is 0. The van der Waals surface area contributed by atoms with Gasteiger partial charge in [0.25, 0.3) is 0 Å². The number of hydrogen-bond donors (Lipinski definition) is 2. The Morgan fingerprint density at radius 1 is 1.14 bits per heavy atom. The van der Waals surface area contributed by atoms with Crippen LogP contribution in [0.2, 0.25) is 0 Å². The van der Waals surface area contributed by atoms with Crippen LogP contribution in [0.25, 0.3) is 0 Å². The molecule has 6 heteroatoms. The normalized spacial score (nSPS) is 18.1. The molecule has 0 amide bonds. The Hall–Kier alpha value is -1.63. The van der Waals surface area contributed by atoms with E-state index in [9.17, 15) is 0 Å². The lowest BCUT2D eigenvalue weighted by atomic mass is 9.89. The number of guanidine groups is 1. The van der Waals surface area contributed by atoms with Gasteiger partial charge in [0.05, 0.1) is 6.54 Å². The number of ether oxygens (including phenoxy) is 1. The number of aliphatic imine (C=N–C) groups is 1. The maximum Gasteiger partial charge on any atom is 0.191 e. The average molecular weight is 404 g/mol. The van der Waals surface area contributed by atoms with Crippen molar-refractivity contribution in [3.05, 3.63) is 35.9 Å². The van der Waals surface area contributed by atoms with Crippen molar-refractivity contribution in [2.75, 3.05) is 54.0 Å². The Morgan fingerprint density at radius 3 is 2.45 bits per heavy atom. The number of nitrogens with one attached hydrogen (secondary N) is 2. The highest BCUT2D eigenvalue weighted by Gasteiger charge is 2.34. The lowest BCUT2D eigenvalue weighted by Crippen LogP contribution is -2.51. The second kappa shape index (κ2) is 12.2. The molecule has 0 spiro atoms. The molecular formula is C23H41N5O. The van der Waals surface area contributed by atoms with E-state index in [-0.39, 0.29) is 5.54 Å². The molecule has 0 saturated carbocycles. The fourth-order valence-corrected chi connectivity index (χ4v) is 3.71. The van der Waals surface area contributed by atoms with Crippen molar-refractivity contribution in [3.63, 3.8) is 0 Å². The van der Waals surface area contributed by atoms with Gasteiger partial charge >= 0.3 is 0 Å². The fraction of sp³-hybridized carbons (Fsp3) is 0.696. The van der Waals surface area contributed by atoms with E-state index in [2.05, 4.69) is 85.8 Å². The van der Waals surface area contributed by atoms with Crippen LogP contribution in [0.15, 0.2) is 35.3 Å². The summed E-state index contributed by atoms with van der Waals surface area (Å²) in [6.07, 6.45) is 3.13. The van der Waals surface area contributed by atoms with Gasteiger partial charge in [0.15, 0.2) is 5.96 Å². The van der Waals surface area contributed by atoms with Gasteiger partial charge in [0.2, 0.25) is 0 Å². The maximum absolute atomic E-state index is 5.57. The Morgan fingerprint density at radius 2 is 1.83 bits per heavy atom. The molecule has 1 heterocycles. The van der Waals surface area contributed by atoms with Crippen molar-refractivity contribution in [2.45, 2.75) is 51.2 Å². The molecular weight excluding hydrogens is 362 g/mol. The molecule has 1 unspecified atom stereocenters. The summed E-state index contributed by atoms with van der Waals surface area (Å²) in [6.45, 7) is 9.59. The zero-order chi connectivity index (χ0) is 21.1. The predicted octanol–water partition coefficient (Wildman–Crippen LogP) is 2.56. The van der Waals surface area contributed by atoms with Crippen molar-refractivity contribution < 1.29 is 4.74 Å². The molecule has 0 aliphatic carbocycles. The van der Waals surface area contributed by atoms with Crippen LogP contribution >= 0.6 is 0 Å². The van der Waals surface area contributed by atoms with Gasteiger partial charge in [-0.3, -0.25) is 9.89 Å². The molecule has 29 heavy (non-hydrogen) atoms. The van der Waals surface area contributed by atoms with E-state index in [0.29, 0.717) is 6.04 Å². The number of hydrogen-bond acceptors (Lipinski definition) is 4. The lowest BCUT2D eigenvalue weighted by Gasteiger charge is -2.41. The van der Waals surface area contributed by atoms with Crippen LogP contribution < -0.4 is 10.6 Å². The highest BCUT2D eigenvalue weighted by atomic mass is 16.5. The van der Waals surface area contributed by atoms with Crippen LogP contribution in [0.3, 0.4) is 0 Å². The SMILES string of the molecule is CCNC(=NCC1(N(C)C)CCOCC1)NCCC(C)N(C)Cc1ccccc1. The lowest BCUT2D eigenvalue weighted by molar-refractivity contribution is -0.00254. The van der Waals surface area contributed by atoms with Crippen LogP contribution in [0.1, 0.15) is 38.7 Å². The second-order valence-electron chi connectivity index (χ2n) is 8.39. The summed E-state index contributed by atoms with van der Waals surface area (Å²) in [5, 5.41) is 6.93. The van der Waals surface area contributed by atoms with Crippen LogP contribution in [-0.2, 0) is 11.3 Å². The van der Waals surface area contributed by atoms with Crippen LogP contribution in [0.5, 0.6) is 0 Å². The van der Waals surface area contributed by atoms with Gasteiger partial charge in [-0.05, 0) is 59.8 Å². The monoisotopic (exact) mass is 403 g/mol. The van der Waals surface area contributed by atoms with Crippen LogP contribution in [0.4, 0.5) is 0 Å². The quantitative estimate of drug-likeness (QED) is 0.465. The average Bonchev–Trinajstić information content (AvgIpc) is 2.73. The molecule has 0 radical (unpaired) electrons. The Bertz CT molecular complexity index is 599. The smallest absolute Gasteiger partial charge is 0.191 e. The molecule has 6 nitrogen and oxygen atoms in total. The van der Waals surface area contributed by atoms with E-state index in [4.69, 9.17) is 9.73 Å². The minimum absolute atomic E-state index is 0.101. The van der Waals surface area contributed by atoms with Crippen LogP contribution in [-0.4, -0.2) is 81.3 Å². The maximum atomic E-state index is 5.57. The molecule has 2 rings (SSSR count). The number of benzene rings is 1. The van der Waals surface area contributed by atoms with E-state index < -0.39 is 0 Å². The number of nitrogens with zero attached hydrogens (tertiary/aromatic N) is 3. The molecule has 1 fully saturated rings. The van der Waals surface area contributed by atoms with E-state index in [0.717, 1.165) is 64.6 Å². The van der Waals surface area contributed by atoms with Gasteiger partial charge in [0, 0.05) is 44.4 Å². The summed E-state index contributed by atoms with van der Waals surface area (Å²) in [5.41, 5.74) is 1.46. The summed E-state index contributed by atoms with van der Waals surface area (Å²) in [4.78, 5) is 9.65. The van der Waals surface area contributed by atoms with Gasteiger partial charge in [-0.2, -0.15) is 0 Å². The first-order chi connectivity index (χ1) is 14.0. The summed E-state index contributed by atoms with van der Waals surface area (Å²) < 4.78 is 5.57. The molecule has 1 aliphatic heterocycles. The van der Waals surface area contributed by atoms with Gasteiger partial charge in [-0.1, -0.05) is 30.3 Å². The van der Waals surface area contributed by atoms with Crippen LogP contribution in [0, 0.1) is 0 Å². The molecule has 164 valence electrons. The molecule has 1 aliphatic rings. The Balaban J connectivity index is 1.83. The van der Waals surface area contributed by atoms with Crippen molar-refractivity contribution in [1.82, 2.24) is 20.4 Å². The zero-order valence-electron chi connectivity index (χ0n) is 19.1. The summed E-state index contributed by atoms with van der Waals surface area (Å²) in [7, 11) is 6.51. The third kappa shape index (κ3) is 7.61. The van der Waals surface area contributed by atoms with Crippen molar-refractivity contribution in [1.29, 1.82) is 0 Å². The molecule has 2 N–H and O–H groups in total. The van der Waals surface area contributed by atoms with E-state index in [1.165, 1.54) is 5.56 Å². The number of rotatable bonds is 10. The Labute approximate surface area is 177 Å². The minimum atomic E-state index is 0.101. The van der Waals surface area contributed by atoms with Crippen molar-refractivity contribution >= 4 is 5.96 Å². The van der Waals surface area contributed by atoms with Gasteiger partial charge in [-0.25, -0.2) is 0 Å². The minimum Gasteiger partial charge on any atom is -0.381 e. The fourth-order valence-electron chi connectivity index (χ4n) is 3.71. The van der Waals surface area contributed by atoms with Gasteiger partial charge in [0.1, 0.15) is 0 Å². The number of likely N-dealkylation sites (N-methyl/N-ethyl adjacent to an activating group) is 1. The van der Waals surface area contributed by atoms with Gasteiger partial charge in [-0.15, -0.1) is 0 Å². The first kappa shape index (κ1) is 23.6. The third-order valence-corrected chi connectivity index (χ3v) is 6.13. The molecule has 1 atom stereocenters. The second-order valence-corrected chi connectivity index (χ2v) is 8.39. The predicted molar refractivity (Wildman–Crippen MR) is 122 cm³/mol. The topological polar surface area (TPSA) is 52.1 Å². The molecule has 1 aromatic rings. The zero-order valence-corrected chi connectivity index (χ0v) is 19.1. The van der Waals surface area contributed by atoms with E-state index >= 15 is 0 Å². The molecule has 1 saturated heterocycles. The van der Waals surface area contributed by atoms with Crippen molar-refractivity contribution in [2.24, 2.45) is 4.99 Å². The molecule has 0 aromatic heterocycles. The van der Waals surface area contributed by atoms with Gasteiger partial charge < -0.3 is 20.3 Å². The molecule has 0 bridgehead atoms. The molecule has 1 aromatic carbocycles. The first-order valence-electron chi connectivity index (χ1n) is 11.0. The summed E-state index contributed by atoms with van der Waals surface area (Å²) in [6, 6.07) is 11.2. The first-order valence-corrected chi connectivity index (χ1v) is 11.0. The Kier molecular flexibility index (Phi) is 9.91. The highest BCUT2D eigenvalue weighted by molar-refractivity contribution is 5.79. The van der Waals surface area contributed by atoms with E-state index in [1.807, 2.05) is 0 Å². The third-order valence-electron chi connectivity index (χ3n) is 6.13. The highest BCUT2D eigenvalue weighted by Crippen LogP contribution is 2.26. The van der Waals surface area contributed by atoms with E-state index in [1.54, 1.807) is 0 Å². The van der Waals surface area contributed by atoms with Crippen molar-refractivity contribution in [3.8, 4) is 0 Å². The largest absolute Gasteiger partial charge is 0.381 e.